The summed E-state index contributed by atoms with van der Waals surface area (Å²) >= 11 is 0. The van der Waals surface area contributed by atoms with Gasteiger partial charge < -0.3 is 50.2 Å². The fourth-order valence-corrected chi connectivity index (χ4v) is 5.80. The molecule has 0 spiro atoms. The van der Waals surface area contributed by atoms with Crippen LogP contribution in [0.3, 0.4) is 0 Å². The lowest BCUT2D eigenvalue weighted by molar-refractivity contribution is -0.131. The Labute approximate surface area is 345 Å². The molecule has 316 valence electrons. The molecular weight excluding hydrogens is 759 g/mol. The predicted molar refractivity (Wildman–Crippen MR) is 221 cm³/mol. The second-order valence-corrected chi connectivity index (χ2v) is 13.9. The molecule has 15 heteroatoms. The SMILES string of the molecule is CC(C)C(NC(=O)CCOCCOCCOCCOCCNC(=O)CCC(=O)N1Cc2ccccc2C#Cc2ccccc21)C(=O)NCC(=O)Nc1ccc(CO)cc1. The molecular formula is C44H55N5O10. The summed E-state index contributed by atoms with van der Waals surface area (Å²) in [5.41, 5.74) is 4.58. The molecule has 0 saturated carbocycles. The fourth-order valence-electron chi connectivity index (χ4n) is 5.80. The quantitative estimate of drug-likeness (QED) is 0.0628. The van der Waals surface area contributed by atoms with Crippen LogP contribution in [0.25, 0.3) is 0 Å². The summed E-state index contributed by atoms with van der Waals surface area (Å²) in [6.45, 7) is 6.34. The molecule has 5 N–H and O–H groups in total. The Balaban J connectivity index is 0.956. The van der Waals surface area contributed by atoms with Crippen molar-refractivity contribution in [3.63, 3.8) is 0 Å². The Hall–Kier alpha value is -5.63. The summed E-state index contributed by atoms with van der Waals surface area (Å²) < 4.78 is 22.0. The van der Waals surface area contributed by atoms with Gasteiger partial charge in [0.2, 0.25) is 29.5 Å². The number of aliphatic hydroxyl groups excluding tert-OH is 1. The second kappa shape index (κ2) is 25.7. The van der Waals surface area contributed by atoms with Gasteiger partial charge in [-0.15, -0.1) is 0 Å². The number of hydrogen-bond donors (Lipinski definition) is 5. The number of amides is 5. The first kappa shape index (κ1) is 46.1. The number of nitrogens with one attached hydrogen (secondary N) is 4. The summed E-state index contributed by atoms with van der Waals surface area (Å²) in [5, 5.41) is 19.9. The third-order valence-corrected chi connectivity index (χ3v) is 9.01. The Kier molecular flexibility index (Phi) is 20.0. The van der Waals surface area contributed by atoms with E-state index >= 15 is 0 Å². The third-order valence-electron chi connectivity index (χ3n) is 9.01. The minimum Gasteiger partial charge on any atom is -0.392 e. The van der Waals surface area contributed by atoms with E-state index in [-0.39, 0.29) is 69.3 Å². The van der Waals surface area contributed by atoms with Gasteiger partial charge >= 0.3 is 0 Å². The van der Waals surface area contributed by atoms with Gasteiger partial charge in [0.05, 0.1) is 78.2 Å². The number of ether oxygens (including phenoxy) is 4. The van der Waals surface area contributed by atoms with E-state index in [0.717, 1.165) is 22.4 Å². The number of para-hydroxylation sites is 1. The summed E-state index contributed by atoms with van der Waals surface area (Å²) in [6, 6.07) is 21.1. The topological polar surface area (TPSA) is 194 Å². The van der Waals surface area contributed by atoms with Crippen LogP contribution < -0.4 is 26.2 Å². The predicted octanol–water partition coefficient (Wildman–Crippen LogP) is 2.67. The lowest BCUT2D eigenvalue weighted by Gasteiger charge is -2.26. The van der Waals surface area contributed by atoms with E-state index in [1.54, 1.807) is 43.0 Å². The van der Waals surface area contributed by atoms with Crippen LogP contribution in [-0.4, -0.2) is 107 Å². The molecule has 0 fully saturated rings. The molecule has 5 amide bonds. The molecule has 0 bridgehead atoms. The minimum absolute atomic E-state index is 0.0493. The molecule has 15 nitrogen and oxygen atoms in total. The lowest BCUT2D eigenvalue weighted by Crippen LogP contribution is -2.51. The highest BCUT2D eigenvalue weighted by Gasteiger charge is 2.25. The van der Waals surface area contributed by atoms with E-state index < -0.39 is 17.9 Å². The maximum atomic E-state index is 13.3. The molecule has 3 aromatic carbocycles. The van der Waals surface area contributed by atoms with Crippen LogP contribution in [0.1, 0.15) is 55.4 Å². The zero-order chi connectivity index (χ0) is 42.2. The van der Waals surface area contributed by atoms with Crippen molar-refractivity contribution in [2.45, 2.75) is 52.3 Å². The van der Waals surface area contributed by atoms with Gasteiger partial charge in [0, 0.05) is 42.6 Å². The van der Waals surface area contributed by atoms with E-state index in [9.17, 15) is 24.0 Å². The van der Waals surface area contributed by atoms with Crippen LogP contribution >= 0.6 is 0 Å². The molecule has 1 heterocycles. The van der Waals surface area contributed by atoms with E-state index in [1.165, 1.54) is 0 Å². The van der Waals surface area contributed by atoms with Crippen molar-refractivity contribution in [3.05, 3.63) is 95.1 Å². The lowest BCUT2D eigenvalue weighted by atomic mass is 10.0. The molecule has 0 aliphatic carbocycles. The molecule has 1 unspecified atom stereocenters. The molecule has 59 heavy (non-hydrogen) atoms. The highest BCUT2D eigenvalue weighted by atomic mass is 16.6. The summed E-state index contributed by atoms with van der Waals surface area (Å²) in [4.78, 5) is 64.9. The van der Waals surface area contributed by atoms with E-state index in [1.807, 2.05) is 48.5 Å². The Morgan fingerprint density at radius 2 is 1.29 bits per heavy atom. The number of benzene rings is 3. The van der Waals surface area contributed by atoms with Gasteiger partial charge in [0.1, 0.15) is 6.04 Å². The largest absolute Gasteiger partial charge is 0.392 e. The van der Waals surface area contributed by atoms with E-state index in [0.29, 0.717) is 64.0 Å². The maximum absolute atomic E-state index is 13.3. The number of fused-ring (bicyclic) bond motifs is 2. The van der Waals surface area contributed by atoms with Crippen LogP contribution in [-0.2, 0) is 56.1 Å². The molecule has 1 atom stereocenters. The number of hydrogen-bond acceptors (Lipinski definition) is 10. The smallest absolute Gasteiger partial charge is 0.243 e. The molecule has 0 radical (unpaired) electrons. The number of carbonyl (C=O) groups excluding carboxylic acids is 5. The van der Waals surface area contributed by atoms with E-state index in [4.69, 9.17) is 24.1 Å². The Morgan fingerprint density at radius 1 is 0.678 bits per heavy atom. The highest BCUT2D eigenvalue weighted by Crippen LogP contribution is 2.26. The normalized spacial score (nSPS) is 12.2. The fraction of sp³-hybridized carbons (Fsp3) is 0.432. The number of nitrogens with zero attached hydrogens (tertiary/aromatic N) is 1. The zero-order valence-corrected chi connectivity index (χ0v) is 33.8. The monoisotopic (exact) mass is 813 g/mol. The highest BCUT2D eigenvalue weighted by molar-refractivity contribution is 5.97. The summed E-state index contributed by atoms with van der Waals surface area (Å²) in [5.74, 6) is 4.54. The Bertz CT molecular complexity index is 1890. The van der Waals surface area contributed by atoms with Gasteiger partial charge in [-0.25, -0.2) is 0 Å². The van der Waals surface area contributed by atoms with Crippen LogP contribution in [0.5, 0.6) is 0 Å². The van der Waals surface area contributed by atoms with Crippen molar-refractivity contribution >= 4 is 40.9 Å². The number of carbonyl (C=O) groups is 5. The van der Waals surface area contributed by atoms with Crippen molar-refractivity contribution in [2.24, 2.45) is 5.92 Å². The molecule has 1 aliphatic rings. The first-order valence-electron chi connectivity index (χ1n) is 19.8. The number of anilines is 2. The van der Waals surface area contributed by atoms with E-state index in [2.05, 4.69) is 33.1 Å². The summed E-state index contributed by atoms with van der Waals surface area (Å²) in [6.07, 6.45) is 0.169. The molecule has 0 saturated heterocycles. The minimum atomic E-state index is -0.821. The molecule has 4 rings (SSSR count). The van der Waals surface area contributed by atoms with Crippen LogP contribution in [0.2, 0.25) is 0 Å². The first-order chi connectivity index (χ1) is 28.6. The summed E-state index contributed by atoms with van der Waals surface area (Å²) in [7, 11) is 0. The number of aliphatic hydroxyl groups is 1. The first-order valence-corrected chi connectivity index (χ1v) is 19.8. The van der Waals surface area contributed by atoms with Gasteiger partial charge in [0.25, 0.3) is 0 Å². The molecule has 0 aromatic heterocycles. The average molecular weight is 814 g/mol. The number of rotatable bonds is 25. The Morgan fingerprint density at radius 3 is 1.97 bits per heavy atom. The van der Waals surface area contributed by atoms with Gasteiger partial charge in [-0.05, 0) is 47.4 Å². The van der Waals surface area contributed by atoms with Gasteiger partial charge in [-0.2, -0.15) is 0 Å². The van der Waals surface area contributed by atoms with Crippen molar-refractivity contribution in [2.75, 3.05) is 76.2 Å². The van der Waals surface area contributed by atoms with Crippen molar-refractivity contribution < 1.29 is 48.0 Å². The average Bonchev–Trinajstić information content (AvgIpc) is 3.23. The van der Waals surface area contributed by atoms with Crippen molar-refractivity contribution in [1.29, 1.82) is 0 Å². The van der Waals surface area contributed by atoms with Crippen molar-refractivity contribution in [3.8, 4) is 11.8 Å². The molecule has 1 aliphatic heterocycles. The molecule has 3 aromatic rings. The van der Waals surface area contributed by atoms with Gasteiger partial charge in [-0.1, -0.05) is 68.2 Å². The van der Waals surface area contributed by atoms with Gasteiger partial charge in [0.15, 0.2) is 0 Å². The van der Waals surface area contributed by atoms with Crippen LogP contribution in [0.4, 0.5) is 11.4 Å². The third kappa shape index (κ3) is 16.6. The van der Waals surface area contributed by atoms with Gasteiger partial charge in [-0.3, -0.25) is 24.0 Å². The van der Waals surface area contributed by atoms with Crippen LogP contribution in [0.15, 0.2) is 72.8 Å². The maximum Gasteiger partial charge on any atom is 0.243 e. The zero-order valence-electron chi connectivity index (χ0n) is 33.8. The second-order valence-electron chi connectivity index (χ2n) is 13.9. The van der Waals surface area contributed by atoms with Crippen LogP contribution in [0, 0.1) is 17.8 Å². The standard InChI is InChI=1S/C44H55N5O10/c1-32(2)43(44(55)46-29-41(53)47-37-15-11-33(31-50)12-16-37)48-40(52)19-21-56-23-25-58-27-28-59-26-24-57-22-20-45-39(51)17-18-42(54)49-30-36-9-4-3-7-34(36)13-14-35-8-5-6-10-38(35)49/h3-12,15-16,32,43,50H,17-31H2,1-2H3,(H,45,51)(H,46,55)(H,47,53)(H,48,52). The van der Waals surface area contributed by atoms with Crippen molar-refractivity contribution in [1.82, 2.24) is 16.0 Å².